The zero-order valence-electron chi connectivity index (χ0n) is 17.2. The largest absolute Gasteiger partial charge is 0.332 e. The minimum absolute atomic E-state index is 0.284. The van der Waals surface area contributed by atoms with Gasteiger partial charge in [-0.2, -0.15) is 4.98 Å². The molecule has 0 N–H and O–H groups in total. The number of rotatable bonds is 3. The highest BCUT2D eigenvalue weighted by Gasteiger charge is 2.23. The molecule has 4 aromatic rings. The minimum atomic E-state index is -0.326. The molecule has 3 aromatic heterocycles. The van der Waals surface area contributed by atoms with Gasteiger partial charge in [-0.3, -0.25) is 22.9 Å². The number of hydrogen-bond acceptors (Lipinski definition) is 3. The summed E-state index contributed by atoms with van der Waals surface area (Å²) in [6.07, 6.45) is 0.712. The summed E-state index contributed by atoms with van der Waals surface area (Å²) in [4.78, 5) is 30.6. The van der Waals surface area contributed by atoms with Crippen LogP contribution in [-0.4, -0.2) is 23.1 Å². The summed E-state index contributed by atoms with van der Waals surface area (Å²) in [5, 5.41) is 0. The molecule has 0 spiro atoms. The van der Waals surface area contributed by atoms with Crippen LogP contribution < -0.4 is 11.2 Å². The highest BCUT2D eigenvalue weighted by Crippen LogP contribution is 2.26. The number of aryl methyl sites for hydroxylation is 4. The lowest BCUT2D eigenvalue weighted by molar-refractivity contribution is 0.592. The lowest BCUT2D eigenvalue weighted by Crippen LogP contribution is -2.39. The normalized spacial score (nSPS) is 11.8. The molecule has 4 rings (SSSR count). The first-order valence-electron chi connectivity index (χ1n) is 9.55. The van der Waals surface area contributed by atoms with Crippen molar-refractivity contribution in [1.82, 2.24) is 23.1 Å². The third-order valence-corrected chi connectivity index (χ3v) is 5.57. The van der Waals surface area contributed by atoms with Crippen LogP contribution in [0.1, 0.15) is 35.9 Å². The Morgan fingerprint density at radius 1 is 1.04 bits per heavy atom. The molecular formula is C21H25N5O2. The molecule has 0 aliphatic carbocycles. The average molecular weight is 379 g/mol. The average Bonchev–Trinajstić information content (AvgIpc) is 3.15. The number of fused-ring (bicyclic) bond motifs is 3. The highest BCUT2D eigenvalue weighted by molar-refractivity contribution is 5.77. The monoisotopic (exact) mass is 379 g/mol. The molecule has 0 bridgehead atoms. The van der Waals surface area contributed by atoms with Gasteiger partial charge in [0.05, 0.1) is 5.69 Å². The van der Waals surface area contributed by atoms with Gasteiger partial charge in [0.1, 0.15) is 0 Å². The van der Waals surface area contributed by atoms with E-state index in [1.807, 2.05) is 25.2 Å². The summed E-state index contributed by atoms with van der Waals surface area (Å²) in [5.41, 5.74) is 5.53. The molecule has 146 valence electrons. The first-order valence-corrected chi connectivity index (χ1v) is 9.55. The van der Waals surface area contributed by atoms with E-state index in [0.29, 0.717) is 29.9 Å². The zero-order chi connectivity index (χ0) is 20.3. The maximum atomic E-state index is 13.2. The molecule has 3 heterocycles. The van der Waals surface area contributed by atoms with Gasteiger partial charge in [0.15, 0.2) is 11.2 Å². The number of benzene rings is 1. The summed E-state index contributed by atoms with van der Waals surface area (Å²) in [5.74, 6) is 0.653. The first kappa shape index (κ1) is 18.3. The molecule has 0 radical (unpaired) electrons. The van der Waals surface area contributed by atoms with Gasteiger partial charge >= 0.3 is 5.69 Å². The van der Waals surface area contributed by atoms with E-state index in [0.717, 1.165) is 28.2 Å². The fraction of sp³-hybridized carbons (Fsp3) is 0.381. The van der Waals surface area contributed by atoms with Crippen molar-refractivity contribution in [2.75, 3.05) is 0 Å². The number of nitrogens with zero attached hydrogens (tertiary/aromatic N) is 5. The van der Waals surface area contributed by atoms with Crippen molar-refractivity contribution >= 4 is 16.9 Å². The zero-order valence-corrected chi connectivity index (χ0v) is 17.2. The van der Waals surface area contributed by atoms with E-state index in [9.17, 15) is 9.59 Å². The summed E-state index contributed by atoms with van der Waals surface area (Å²) < 4.78 is 6.74. The van der Waals surface area contributed by atoms with Gasteiger partial charge in [-0.15, -0.1) is 0 Å². The molecule has 0 saturated carbocycles. The lowest BCUT2D eigenvalue weighted by Gasteiger charge is -2.11. The number of imidazole rings is 2. The molecule has 7 nitrogen and oxygen atoms in total. The molecular weight excluding hydrogens is 354 g/mol. The SMILES string of the molecule is CCCn1c(=O)c2c(nc3n(-c4cc(C)ccc4C)c(C)c(C)n23)n(C)c1=O. The predicted molar refractivity (Wildman–Crippen MR) is 111 cm³/mol. The second-order valence-corrected chi connectivity index (χ2v) is 7.51. The summed E-state index contributed by atoms with van der Waals surface area (Å²) >= 11 is 0. The summed E-state index contributed by atoms with van der Waals surface area (Å²) in [7, 11) is 1.67. The molecule has 0 unspecified atom stereocenters. The van der Waals surface area contributed by atoms with E-state index in [-0.39, 0.29) is 11.2 Å². The van der Waals surface area contributed by atoms with Crippen LogP contribution in [0.5, 0.6) is 0 Å². The van der Waals surface area contributed by atoms with Crippen LogP contribution in [0.15, 0.2) is 27.8 Å². The highest BCUT2D eigenvalue weighted by atomic mass is 16.2. The van der Waals surface area contributed by atoms with Crippen LogP contribution in [0, 0.1) is 27.7 Å². The molecule has 0 atom stereocenters. The van der Waals surface area contributed by atoms with Crippen molar-refractivity contribution in [1.29, 1.82) is 0 Å². The van der Waals surface area contributed by atoms with Crippen LogP contribution in [-0.2, 0) is 13.6 Å². The second kappa shape index (κ2) is 6.22. The topological polar surface area (TPSA) is 66.2 Å². The Hall–Kier alpha value is -3.09. The molecule has 0 amide bonds. The Morgan fingerprint density at radius 2 is 1.75 bits per heavy atom. The van der Waals surface area contributed by atoms with E-state index in [1.54, 1.807) is 7.05 Å². The Balaban J connectivity index is 2.23. The predicted octanol–water partition coefficient (Wildman–Crippen LogP) is 2.78. The van der Waals surface area contributed by atoms with Crippen molar-refractivity contribution in [2.24, 2.45) is 7.05 Å². The van der Waals surface area contributed by atoms with Gasteiger partial charge in [0.25, 0.3) is 5.56 Å². The van der Waals surface area contributed by atoms with Crippen molar-refractivity contribution < 1.29 is 0 Å². The van der Waals surface area contributed by atoms with Crippen molar-refractivity contribution in [3.05, 3.63) is 61.6 Å². The lowest BCUT2D eigenvalue weighted by atomic mass is 10.1. The summed E-state index contributed by atoms with van der Waals surface area (Å²) in [6.45, 7) is 10.5. The Labute approximate surface area is 162 Å². The van der Waals surface area contributed by atoms with Gasteiger partial charge in [-0.1, -0.05) is 19.1 Å². The third-order valence-electron chi connectivity index (χ3n) is 5.57. The Morgan fingerprint density at radius 3 is 2.43 bits per heavy atom. The van der Waals surface area contributed by atoms with Crippen LogP contribution in [0.4, 0.5) is 0 Å². The molecule has 0 aliphatic rings. The smallest absolute Gasteiger partial charge is 0.282 e. The number of hydrogen-bond donors (Lipinski definition) is 0. The molecule has 1 aromatic carbocycles. The van der Waals surface area contributed by atoms with E-state index in [2.05, 4.69) is 36.6 Å². The van der Waals surface area contributed by atoms with E-state index < -0.39 is 0 Å². The van der Waals surface area contributed by atoms with Gasteiger partial charge in [-0.25, -0.2) is 4.79 Å². The van der Waals surface area contributed by atoms with Crippen LogP contribution in [0.25, 0.3) is 22.6 Å². The maximum absolute atomic E-state index is 13.2. The Bertz CT molecular complexity index is 1360. The Kier molecular flexibility index (Phi) is 4.06. The first-order chi connectivity index (χ1) is 13.3. The summed E-state index contributed by atoms with van der Waals surface area (Å²) in [6, 6.07) is 6.29. The van der Waals surface area contributed by atoms with Crippen molar-refractivity contribution in [2.45, 2.75) is 47.6 Å². The van der Waals surface area contributed by atoms with E-state index in [4.69, 9.17) is 4.98 Å². The molecule has 0 saturated heterocycles. The fourth-order valence-corrected chi connectivity index (χ4v) is 3.92. The maximum Gasteiger partial charge on any atom is 0.332 e. The quantitative estimate of drug-likeness (QED) is 0.550. The van der Waals surface area contributed by atoms with Crippen molar-refractivity contribution in [3.63, 3.8) is 0 Å². The second-order valence-electron chi connectivity index (χ2n) is 7.51. The van der Waals surface area contributed by atoms with Gasteiger partial charge in [0, 0.05) is 25.0 Å². The van der Waals surface area contributed by atoms with Crippen molar-refractivity contribution in [3.8, 4) is 5.69 Å². The van der Waals surface area contributed by atoms with E-state index >= 15 is 0 Å². The van der Waals surface area contributed by atoms with E-state index in [1.165, 1.54) is 9.13 Å². The van der Waals surface area contributed by atoms with Crippen LogP contribution >= 0.6 is 0 Å². The van der Waals surface area contributed by atoms with Crippen LogP contribution in [0.2, 0.25) is 0 Å². The molecule has 0 aliphatic heterocycles. The van der Waals surface area contributed by atoms with Gasteiger partial charge in [0.2, 0.25) is 5.78 Å². The van der Waals surface area contributed by atoms with Crippen LogP contribution in [0.3, 0.4) is 0 Å². The van der Waals surface area contributed by atoms with Gasteiger partial charge < -0.3 is 0 Å². The standard InChI is InChI=1S/C21H25N5O2/c1-7-10-24-19(27)17-18(23(6)21(24)28)22-20-25(14(4)15(5)26(17)20)16-11-12(2)8-9-13(16)3/h8-9,11H,7,10H2,1-6H3. The molecule has 7 heteroatoms. The molecule has 28 heavy (non-hydrogen) atoms. The third kappa shape index (κ3) is 2.32. The number of aromatic nitrogens is 5. The van der Waals surface area contributed by atoms with Gasteiger partial charge in [-0.05, 0) is 51.3 Å². The molecule has 0 fully saturated rings. The fourth-order valence-electron chi connectivity index (χ4n) is 3.92. The minimum Gasteiger partial charge on any atom is -0.282 e.